The molecule has 1 N–H and O–H groups in total. The van der Waals surface area contributed by atoms with Crippen LogP contribution in [0.25, 0.3) is 0 Å². The summed E-state index contributed by atoms with van der Waals surface area (Å²) in [5, 5.41) is 3.71. The van der Waals surface area contributed by atoms with Gasteiger partial charge in [0, 0.05) is 6.04 Å². The smallest absolute Gasteiger partial charge is 0.338 e. The number of ether oxygens (including phenoxy) is 1. The first-order valence-electron chi connectivity index (χ1n) is 9.39. The van der Waals surface area contributed by atoms with Gasteiger partial charge in [0.15, 0.2) is 0 Å². The van der Waals surface area contributed by atoms with Crippen molar-refractivity contribution in [3.63, 3.8) is 0 Å². The Kier molecular flexibility index (Phi) is 6.85. The minimum atomic E-state index is -0.238. The Morgan fingerprint density at radius 2 is 1.75 bits per heavy atom. The van der Waals surface area contributed by atoms with Crippen molar-refractivity contribution in [3.05, 3.63) is 35.4 Å². The largest absolute Gasteiger partial charge is 0.462 e. The molecule has 1 aromatic rings. The van der Waals surface area contributed by atoms with E-state index in [9.17, 15) is 4.79 Å². The Morgan fingerprint density at radius 1 is 1.12 bits per heavy atom. The van der Waals surface area contributed by atoms with Crippen molar-refractivity contribution in [2.45, 2.75) is 65.8 Å². The number of carbonyl (C=O) groups is 1. The third kappa shape index (κ3) is 5.62. The summed E-state index contributed by atoms with van der Waals surface area (Å²) in [7, 11) is 0. The minimum absolute atomic E-state index is 0.238. The van der Waals surface area contributed by atoms with E-state index in [2.05, 4.69) is 26.1 Å². The van der Waals surface area contributed by atoms with Crippen molar-refractivity contribution in [1.29, 1.82) is 0 Å². The van der Waals surface area contributed by atoms with E-state index in [0.717, 1.165) is 18.9 Å². The molecule has 0 radical (unpaired) electrons. The van der Waals surface area contributed by atoms with Crippen LogP contribution in [0.5, 0.6) is 0 Å². The van der Waals surface area contributed by atoms with Gasteiger partial charge in [0.2, 0.25) is 0 Å². The van der Waals surface area contributed by atoms with E-state index in [1.807, 2.05) is 31.2 Å². The van der Waals surface area contributed by atoms with Crippen LogP contribution in [0, 0.1) is 11.3 Å². The van der Waals surface area contributed by atoms with Crippen LogP contribution in [0.2, 0.25) is 0 Å². The molecule has 1 saturated carbocycles. The fourth-order valence-electron chi connectivity index (χ4n) is 3.61. The Balaban J connectivity index is 1.70. The van der Waals surface area contributed by atoms with Crippen molar-refractivity contribution in [1.82, 2.24) is 5.32 Å². The van der Waals surface area contributed by atoms with Crippen LogP contribution < -0.4 is 5.32 Å². The molecule has 0 heterocycles. The van der Waals surface area contributed by atoms with Crippen molar-refractivity contribution in [2.24, 2.45) is 11.3 Å². The number of esters is 1. The second kappa shape index (κ2) is 8.66. The lowest BCUT2D eigenvalue weighted by Crippen LogP contribution is -2.37. The molecule has 0 amide bonds. The van der Waals surface area contributed by atoms with Gasteiger partial charge in [-0.1, -0.05) is 32.9 Å². The first-order chi connectivity index (χ1) is 11.4. The maximum absolute atomic E-state index is 11.6. The lowest BCUT2D eigenvalue weighted by atomic mass is 9.71. The molecule has 0 unspecified atom stereocenters. The number of nitrogens with one attached hydrogen (secondary N) is 1. The van der Waals surface area contributed by atoms with E-state index in [1.165, 1.54) is 31.2 Å². The summed E-state index contributed by atoms with van der Waals surface area (Å²) in [6.07, 6.45) is 6.28. The van der Waals surface area contributed by atoms with Crippen LogP contribution in [0.3, 0.4) is 0 Å². The maximum atomic E-state index is 11.6. The predicted molar refractivity (Wildman–Crippen MR) is 99.3 cm³/mol. The van der Waals surface area contributed by atoms with Crippen LogP contribution in [0.4, 0.5) is 0 Å². The third-order valence-corrected chi connectivity index (χ3v) is 5.26. The number of rotatable bonds is 6. The van der Waals surface area contributed by atoms with E-state index in [1.54, 1.807) is 0 Å². The highest BCUT2D eigenvalue weighted by Gasteiger charge is 2.29. The van der Waals surface area contributed by atoms with Crippen molar-refractivity contribution in [3.8, 4) is 0 Å². The molecule has 24 heavy (non-hydrogen) atoms. The average molecular weight is 332 g/mol. The molecule has 0 spiro atoms. The Morgan fingerprint density at radius 3 is 2.29 bits per heavy atom. The predicted octanol–water partition coefficient (Wildman–Crippen LogP) is 4.60. The molecule has 1 aliphatic carbocycles. The Bertz CT molecular complexity index is 508. The normalized spacial score (nSPS) is 21.5. The number of benzene rings is 1. The van der Waals surface area contributed by atoms with Crippen molar-refractivity contribution >= 4 is 5.97 Å². The van der Waals surface area contributed by atoms with Gasteiger partial charge < -0.3 is 10.1 Å². The summed E-state index contributed by atoms with van der Waals surface area (Å²) in [5.74, 6) is 0.628. The lowest BCUT2D eigenvalue weighted by molar-refractivity contribution is 0.0526. The van der Waals surface area contributed by atoms with E-state index < -0.39 is 0 Å². The average Bonchev–Trinajstić information content (AvgIpc) is 2.55. The van der Waals surface area contributed by atoms with Gasteiger partial charge in [0.05, 0.1) is 12.2 Å². The summed E-state index contributed by atoms with van der Waals surface area (Å²) in [6.45, 7) is 10.3. The number of hydrogen-bond acceptors (Lipinski definition) is 3. The van der Waals surface area contributed by atoms with Gasteiger partial charge in [-0.3, -0.25) is 0 Å². The second-order valence-electron chi connectivity index (χ2n) is 8.04. The molecule has 0 aromatic heterocycles. The first-order valence-corrected chi connectivity index (χ1v) is 9.39. The highest BCUT2D eigenvalue weighted by atomic mass is 16.5. The van der Waals surface area contributed by atoms with Gasteiger partial charge >= 0.3 is 5.97 Å². The van der Waals surface area contributed by atoms with E-state index in [0.29, 0.717) is 23.6 Å². The number of carbonyl (C=O) groups excluding carboxylic acids is 1. The molecular formula is C21H33NO2. The maximum Gasteiger partial charge on any atom is 0.338 e. The molecule has 0 atom stereocenters. The monoisotopic (exact) mass is 331 g/mol. The number of hydrogen-bond donors (Lipinski definition) is 1. The third-order valence-electron chi connectivity index (χ3n) is 5.26. The zero-order valence-corrected chi connectivity index (χ0v) is 15.7. The zero-order valence-electron chi connectivity index (χ0n) is 15.7. The molecule has 134 valence electrons. The Labute approximate surface area is 147 Å². The molecular weight excluding hydrogens is 298 g/mol. The van der Waals surface area contributed by atoms with Crippen LogP contribution in [0.1, 0.15) is 69.3 Å². The molecule has 1 fully saturated rings. The van der Waals surface area contributed by atoms with Gasteiger partial charge in [-0.25, -0.2) is 4.79 Å². The molecule has 3 nitrogen and oxygen atoms in total. The second-order valence-corrected chi connectivity index (χ2v) is 8.04. The summed E-state index contributed by atoms with van der Waals surface area (Å²) in [4.78, 5) is 11.6. The summed E-state index contributed by atoms with van der Waals surface area (Å²) < 4.78 is 5.01. The van der Waals surface area contributed by atoms with Gasteiger partial charge in [0.1, 0.15) is 0 Å². The summed E-state index contributed by atoms with van der Waals surface area (Å²) in [5.41, 5.74) is 2.35. The van der Waals surface area contributed by atoms with Crippen LogP contribution >= 0.6 is 0 Å². The fraction of sp³-hybridized carbons (Fsp3) is 0.667. The van der Waals surface area contributed by atoms with Crippen molar-refractivity contribution in [2.75, 3.05) is 13.2 Å². The van der Waals surface area contributed by atoms with Crippen LogP contribution in [0.15, 0.2) is 24.3 Å². The molecule has 0 saturated heterocycles. The quantitative estimate of drug-likeness (QED) is 0.774. The lowest BCUT2D eigenvalue weighted by Gasteiger charge is -2.37. The highest BCUT2D eigenvalue weighted by molar-refractivity contribution is 5.89. The van der Waals surface area contributed by atoms with Crippen molar-refractivity contribution < 1.29 is 9.53 Å². The van der Waals surface area contributed by atoms with Gasteiger partial charge in [-0.15, -0.1) is 0 Å². The molecule has 2 rings (SSSR count). The molecule has 1 aromatic carbocycles. The summed E-state index contributed by atoms with van der Waals surface area (Å²) in [6, 6.07) is 8.46. The SMILES string of the molecule is CCOC(=O)c1ccc(CCN[C@H]2CC[C@H](C(C)(C)C)CC2)cc1. The van der Waals surface area contributed by atoms with Gasteiger partial charge in [-0.2, -0.15) is 0 Å². The molecule has 3 heteroatoms. The minimum Gasteiger partial charge on any atom is -0.462 e. The standard InChI is InChI=1S/C21H33NO2/c1-5-24-20(23)17-8-6-16(7-9-17)14-15-22-19-12-10-18(11-13-19)21(2,3)4/h6-9,18-19,22H,5,10-15H2,1-4H3/t18-,19-. The Hall–Kier alpha value is -1.35. The van der Waals surface area contributed by atoms with Gasteiger partial charge in [0.25, 0.3) is 0 Å². The van der Waals surface area contributed by atoms with Gasteiger partial charge in [-0.05, 0) is 74.6 Å². The molecule has 0 bridgehead atoms. The molecule has 1 aliphatic rings. The first kappa shape index (κ1) is 19.0. The van der Waals surface area contributed by atoms with E-state index in [-0.39, 0.29) is 5.97 Å². The topological polar surface area (TPSA) is 38.3 Å². The van der Waals surface area contributed by atoms with Crippen LogP contribution in [-0.4, -0.2) is 25.2 Å². The molecule has 0 aliphatic heterocycles. The van der Waals surface area contributed by atoms with E-state index in [4.69, 9.17) is 4.74 Å². The summed E-state index contributed by atoms with van der Waals surface area (Å²) >= 11 is 0. The zero-order chi connectivity index (χ0) is 17.6. The fourth-order valence-corrected chi connectivity index (χ4v) is 3.61. The van der Waals surface area contributed by atoms with E-state index >= 15 is 0 Å². The van der Waals surface area contributed by atoms with Crippen LogP contribution in [-0.2, 0) is 11.2 Å². The highest BCUT2D eigenvalue weighted by Crippen LogP contribution is 2.37.